The molecule has 1 aromatic heterocycles. The second kappa shape index (κ2) is 5.00. The number of amides is 1. The van der Waals surface area contributed by atoms with E-state index in [1.807, 2.05) is 19.3 Å². The van der Waals surface area contributed by atoms with Crippen molar-refractivity contribution >= 4 is 5.91 Å². The van der Waals surface area contributed by atoms with Gasteiger partial charge in [-0.1, -0.05) is 0 Å². The van der Waals surface area contributed by atoms with Gasteiger partial charge in [-0.3, -0.25) is 9.48 Å². The number of nitrogens with one attached hydrogen (secondary N) is 1. The quantitative estimate of drug-likeness (QED) is 0.899. The van der Waals surface area contributed by atoms with Gasteiger partial charge in [0.2, 0.25) is 0 Å². The van der Waals surface area contributed by atoms with Crippen LogP contribution in [0.15, 0.2) is 30.5 Å². The molecule has 2 aromatic rings. The fraction of sp³-hybridized carbons (Fsp3) is 0.231. The van der Waals surface area contributed by atoms with Crippen LogP contribution in [0.4, 0.5) is 4.39 Å². The molecule has 1 N–H and O–H groups in total. The lowest BCUT2D eigenvalue weighted by atomic mass is 10.1. The lowest BCUT2D eigenvalue weighted by Gasteiger charge is -2.06. The number of rotatable bonds is 3. The summed E-state index contributed by atoms with van der Waals surface area (Å²) in [7, 11) is 1.81. The highest BCUT2D eigenvalue weighted by atomic mass is 19.1. The first-order valence-corrected chi connectivity index (χ1v) is 5.59. The van der Waals surface area contributed by atoms with Crippen molar-refractivity contribution in [2.24, 2.45) is 7.05 Å². The van der Waals surface area contributed by atoms with Gasteiger partial charge in [-0.25, -0.2) is 4.39 Å². The lowest BCUT2D eigenvalue weighted by molar-refractivity contribution is 0.0949. The van der Waals surface area contributed by atoms with Gasteiger partial charge in [0, 0.05) is 18.8 Å². The number of nitrogens with zero attached hydrogens (tertiary/aromatic N) is 2. The SMILES string of the molecule is Cc1cc(F)ccc1C(=O)NCc1ccn(C)n1. The third kappa shape index (κ3) is 2.74. The predicted molar refractivity (Wildman–Crippen MR) is 65.5 cm³/mol. The molecule has 0 aliphatic carbocycles. The zero-order valence-corrected chi connectivity index (χ0v) is 10.3. The van der Waals surface area contributed by atoms with Crippen molar-refractivity contribution in [3.05, 3.63) is 53.1 Å². The monoisotopic (exact) mass is 247 g/mol. The molecule has 1 amide bonds. The smallest absolute Gasteiger partial charge is 0.251 e. The molecule has 5 heteroatoms. The van der Waals surface area contributed by atoms with Crippen LogP contribution in [0.2, 0.25) is 0 Å². The molecule has 0 fully saturated rings. The normalized spacial score (nSPS) is 10.4. The van der Waals surface area contributed by atoms with Crippen LogP contribution in [-0.2, 0) is 13.6 Å². The third-order valence-corrected chi connectivity index (χ3v) is 2.63. The minimum absolute atomic E-state index is 0.224. The summed E-state index contributed by atoms with van der Waals surface area (Å²) < 4.78 is 14.6. The van der Waals surface area contributed by atoms with Crippen LogP contribution in [-0.4, -0.2) is 15.7 Å². The highest BCUT2D eigenvalue weighted by Crippen LogP contribution is 2.10. The van der Waals surface area contributed by atoms with E-state index in [0.29, 0.717) is 17.7 Å². The molecule has 1 aromatic carbocycles. The Bertz CT molecular complexity index is 577. The maximum atomic E-state index is 12.9. The predicted octanol–water partition coefficient (Wildman–Crippen LogP) is 1.80. The maximum absolute atomic E-state index is 12.9. The Morgan fingerprint density at radius 3 is 2.83 bits per heavy atom. The van der Waals surface area contributed by atoms with Gasteiger partial charge in [0.05, 0.1) is 12.2 Å². The zero-order valence-electron chi connectivity index (χ0n) is 10.3. The number of carbonyl (C=O) groups excluding carboxylic acids is 1. The number of benzene rings is 1. The van der Waals surface area contributed by atoms with Gasteiger partial charge in [0.25, 0.3) is 5.91 Å². The Labute approximate surface area is 104 Å². The Balaban J connectivity index is 2.03. The molecule has 0 aliphatic rings. The van der Waals surface area contributed by atoms with Crippen molar-refractivity contribution in [3.63, 3.8) is 0 Å². The first-order valence-electron chi connectivity index (χ1n) is 5.59. The second-order valence-electron chi connectivity index (χ2n) is 4.12. The van der Waals surface area contributed by atoms with E-state index < -0.39 is 0 Å². The topological polar surface area (TPSA) is 46.9 Å². The maximum Gasteiger partial charge on any atom is 0.251 e. The highest BCUT2D eigenvalue weighted by molar-refractivity contribution is 5.95. The summed E-state index contributed by atoms with van der Waals surface area (Å²) in [4.78, 5) is 11.9. The van der Waals surface area contributed by atoms with Crippen molar-refractivity contribution in [1.82, 2.24) is 15.1 Å². The second-order valence-corrected chi connectivity index (χ2v) is 4.12. The number of aryl methyl sites for hydroxylation is 2. The van der Waals surface area contributed by atoms with E-state index in [0.717, 1.165) is 5.69 Å². The fourth-order valence-electron chi connectivity index (χ4n) is 1.71. The average Bonchev–Trinajstić information content (AvgIpc) is 2.72. The molecule has 94 valence electrons. The molecule has 0 atom stereocenters. The van der Waals surface area contributed by atoms with Crippen molar-refractivity contribution in [2.75, 3.05) is 0 Å². The van der Waals surface area contributed by atoms with E-state index in [1.54, 1.807) is 11.6 Å². The van der Waals surface area contributed by atoms with Gasteiger partial charge in [0.15, 0.2) is 0 Å². The molecule has 0 bridgehead atoms. The first-order chi connectivity index (χ1) is 8.56. The van der Waals surface area contributed by atoms with Crippen LogP contribution in [0.5, 0.6) is 0 Å². The van der Waals surface area contributed by atoms with Gasteiger partial charge >= 0.3 is 0 Å². The summed E-state index contributed by atoms with van der Waals surface area (Å²) in [6.45, 7) is 2.06. The Morgan fingerprint density at radius 1 is 1.44 bits per heavy atom. The summed E-state index contributed by atoms with van der Waals surface area (Å²) in [6, 6.07) is 5.94. The minimum atomic E-state index is -0.339. The number of aromatic nitrogens is 2. The van der Waals surface area contributed by atoms with Crippen LogP contribution in [0.25, 0.3) is 0 Å². The van der Waals surface area contributed by atoms with Crippen molar-refractivity contribution < 1.29 is 9.18 Å². The molecule has 4 nitrogen and oxygen atoms in total. The van der Waals surface area contributed by atoms with E-state index in [2.05, 4.69) is 10.4 Å². The summed E-state index contributed by atoms with van der Waals surface area (Å²) >= 11 is 0. The van der Waals surface area contributed by atoms with Crippen LogP contribution >= 0.6 is 0 Å². The van der Waals surface area contributed by atoms with Crippen molar-refractivity contribution in [1.29, 1.82) is 0 Å². The number of hydrogen-bond acceptors (Lipinski definition) is 2. The summed E-state index contributed by atoms with van der Waals surface area (Å²) in [6.07, 6.45) is 1.81. The number of halogens is 1. The Morgan fingerprint density at radius 2 is 2.22 bits per heavy atom. The minimum Gasteiger partial charge on any atom is -0.346 e. The average molecular weight is 247 g/mol. The van der Waals surface area contributed by atoms with Crippen LogP contribution < -0.4 is 5.32 Å². The van der Waals surface area contributed by atoms with Crippen molar-refractivity contribution in [2.45, 2.75) is 13.5 Å². The highest BCUT2D eigenvalue weighted by Gasteiger charge is 2.09. The molecule has 0 spiro atoms. The Hall–Kier alpha value is -2.17. The largest absolute Gasteiger partial charge is 0.346 e. The van der Waals surface area contributed by atoms with E-state index >= 15 is 0 Å². The standard InChI is InChI=1S/C13H14FN3O/c1-9-7-10(14)3-4-12(9)13(18)15-8-11-5-6-17(2)16-11/h3-7H,8H2,1-2H3,(H,15,18). The molecule has 2 rings (SSSR count). The van der Waals surface area contributed by atoms with Gasteiger partial charge in [0.1, 0.15) is 5.82 Å². The molecule has 0 saturated heterocycles. The van der Waals surface area contributed by atoms with Crippen LogP contribution in [0.1, 0.15) is 21.6 Å². The molecule has 0 unspecified atom stereocenters. The van der Waals surface area contributed by atoms with Gasteiger partial charge in [-0.15, -0.1) is 0 Å². The van der Waals surface area contributed by atoms with Gasteiger partial charge < -0.3 is 5.32 Å². The van der Waals surface area contributed by atoms with Gasteiger partial charge in [-0.2, -0.15) is 5.10 Å². The van der Waals surface area contributed by atoms with E-state index in [1.165, 1.54) is 18.2 Å². The Kier molecular flexibility index (Phi) is 3.41. The van der Waals surface area contributed by atoms with Crippen LogP contribution in [0, 0.1) is 12.7 Å². The summed E-state index contributed by atoms with van der Waals surface area (Å²) in [5.74, 6) is -0.563. The van der Waals surface area contributed by atoms with E-state index in [9.17, 15) is 9.18 Å². The molecule has 0 saturated carbocycles. The van der Waals surface area contributed by atoms with E-state index in [4.69, 9.17) is 0 Å². The van der Waals surface area contributed by atoms with Gasteiger partial charge in [-0.05, 0) is 36.8 Å². The number of carbonyl (C=O) groups is 1. The third-order valence-electron chi connectivity index (χ3n) is 2.63. The molecular formula is C13H14FN3O. The zero-order chi connectivity index (χ0) is 13.1. The molecular weight excluding hydrogens is 233 g/mol. The summed E-state index contributed by atoms with van der Waals surface area (Å²) in [5.41, 5.74) is 1.88. The molecule has 0 aliphatic heterocycles. The lowest BCUT2D eigenvalue weighted by Crippen LogP contribution is -2.24. The van der Waals surface area contributed by atoms with Crippen LogP contribution in [0.3, 0.4) is 0 Å². The molecule has 18 heavy (non-hydrogen) atoms. The molecule has 1 heterocycles. The summed E-state index contributed by atoms with van der Waals surface area (Å²) in [5, 5.41) is 6.91. The molecule has 0 radical (unpaired) electrons. The number of hydrogen-bond donors (Lipinski definition) is 1. The first kappa shape index (κ1) is 12.3. The van der Waals surface area contributed by atoms with Crippen molar-refractivity contribution in [3.8, 4) is 0 Å². The fourth-order valence-corrected chi connectivity index (χ4v) is 1.71. The van der Waals surface area contributed by atoms with E-state index in [-0.39, 0.29) is 11.7 Å².